The van der Waals surface area contributed by atoms with Crippen LogP contribution >= 0.6 is 0 Å². The molecule has 0 aromatic heterocycles. The first-order valence-electron chi connectivity index (χ1n) is 5.58. The van der Waals surface area contributed by atoms with Gasteiger partial charge in [-0.2, -0.15) is 0 Å². The van der Waals surface area contributed by atoms with Crippen LogP contribution in [0.25, 0.3) is 0 Å². The van der Waals surface area contributed by atoms with Crippen LogP contribution in [0.5, 0.6) is 0 Å². The fourth-order valence-corrected chi connectivity index (χ4v) is 2.41. The third-order valence-electron chi connectivity index (χ3n) is 2.86. The topological polar surface area (TPSA) is 44.4 Å². The largest absolute Gasteiger partial charge is 0.353 e. The van der Waals surface area contributed by atoms with Gasteiger partial charge in [0.15, 0.2) is 0 Å². The molecule has 4 heteroatoms. The van der Waals surface area contributed by atoms with E-state index in [0.717, 1.165) is 6.54 Å². The van der Waals surface area contributed by atoms with Gasteiger partial charge in [-0.15, -0.1) is 0 Å². The minimum absolute atomic E-state index is 0.0265. The summed E-state index contributed by atoms with van der Waals surface area (Å²) >= 11 is 0. The fourth-order valence-electron chi connectivity index (χ4n) is 2.41. The summed E-state index contributed by atoms with van der Waals surface area (Å²) in [6, 6.07) is 0.333. The average Bonchev–Trinajstić information content (AvgIpc) is 2.09. The molecule has 0 saturated carbocycles. The number of carbonyl (C=O) groups is 1. The van der Waals surface area contributed by atoms with E-state index in [-0.39, 0.29) is 17.5 Å². The lowest BCUT2D eigenvalue weighted by Crippen LogP contribution is -2.67. The number of rotatable bonds is 2. The van der Waals surface area contributed by atoms with Crippen molar-refractivity contribution in [3.05, 3.63) is 0 Å². The highest BCUT2D eigenvalue weighted by Crippen LogP contribution is 2.22. The molecule has 1 fully saturated rings. The Morgan fingerprint density at radius 3 is 2.60 bits per heavy atom. The van der Waals surface area contributed by atoms with Crippen LogP contribution in [-0.4, -0.2) is 48.6 Å². The first-order valence-corrected chi connectivity index (χ1v) is 5.58. The van der Waals surface area contributed by atoms with Gasteiger partial charge in [-0.05, 0) is 34.7 Å². The lowest BCUT2D eigenvalue weighted by atomic mass is 9.96. The summed E-state index contributed by atoms with van der Waals surface area (Å²) in [6.07, 6.45) is 0. The summed E-state index contributed by atoms with van der Waals surface area (Å²) in [5.41, 5.74) is 0.0265. The Bertz CT molecular complexity index is 234. The van der Waals surface area contributed by atoms with Crippen molar-refractivity contribution >= 4 is 5.91 Å². The molecule has 88 valence electrons. The van der Waals surface area contributed by atoms with Gasteiger partial charge in [0.05, 0.1) is 0 Å². The number of hydrogen-bond donors (Lipinski definition) is 2. The molecule has 0 spiro atoms. The molecular formula is C11H23N3O. The predicted octanol–water partition coefficient (Wildman–Crippen LogP) is 0.193. The summed E-state index contributed by atoms with van der Waals surface area (Å²) < 4.78 is 0. The predicted molar refractivity (Wildman–Crippen MR) is 61.8 cm³/mol. The van der Waals surface area contributed by atoms with E-state index in [2.05, 4.69) is 43.2 Å². The van der Waals surface area contributed by atoms with Crippen LogP contribution < -0.4 is 10.6 Å². The Labute approximate surface area is 92.4 Å². The van der Waals surface area contributed by atoms with Crippen LogP contribution in [0.3, 0.4) is 0 Å². The molecule has 1 saturated heterocycles. The highest BCUT2D eigenvalue weighted by atomic mass is 16.2. The first-order chi connectivity index (χ1) is 6.88. The molecule has 1 heterocycles. The van der Waals surface area contributed by atoms with E-state index in [4.69, 9.17) is 0 Å². The van der Waals surface area contributed by atoms with Crippen LogP contribution in [0.15, 0.2) is 0 Å². The van der Waals surface area contributed by atoms with Crippen LogP contribution in [0.1, 0.15) is 27.7 Å². The molecule has 0 radical (unpaired) electrons. The van der Waals surface area contributed by atoms with Gasteiger partial charge in [-0.3, -0.25) is 9.69 Å². The average molecular weight is 213 g/mol. The Hall–Kier alpha value is -0.610. The third-order valence-corrected chi connectivity index (χ3v) is 2.86. The lowest BCUT2D eigenvalue weighted by Gasteiger charge is -2.47. The summed E-state index contributed by atoms with van der Waals surface area (Å²) in [5.74, 6) is 0.136. The third kappa shape index (κ3) is 2.69. The van der Waals surface area contributed by atoms with Gasteiger partial charge in [-0.1, -0.05) is 0 Å². The number of hydrogen-bond acceptors (Lipinski definition) is 3. The fraction of sp³-hybridized carbons (Fsp3) is 0.909. The van der Waals surface area contributed by atoms with Crippen molar-refractivity contribution in [3.8, 4) is 0 Å². The van der Waals surface area contributed by atoms with Crippen LogP contribution in [0, 0.1) is 0 Å². The molecule has 2 unspecified atom stereocenters. The SMILES string of the molecule is CNCC1C(=O)NCC(C)N1C(C)(C)C. The zero-order valence-electron chi connectivity index (χ0n) is 10.4. The van der Waals surface area contributed by atoms with E-state index in [1.54, 1.807) is 0 Å². The quantitative estimate of drug-likeness (QED) is 0.688. The molecule has 4 nitrogen and oxygen atoms in total. The van der Waals surface area contributed by atoms with Crippen molar-refractivity contribution in [2.45, 2.75) is 45.3 Å². The Morgan fingerprint density at radius 1 is 1.53 bits per heavy atom. The van der Waals surface area contributed by atoms with Crippen molar-refractivity contribution in [1.29, 1.82) is 0 Å². The molecule has 0 bridgehead atoms. The summed E-state index contributed by atoms with van der Waals surface area (Å²) in [6.45, 7) is 10.1. The Kier molecular flexibility index (Phi) is 3.73. The maximum absolute atomic E-state index is 11.8. The van der Waals surface area contributed by atoms with Gasteiger partial charge < -0.3 is 10.6 Å². The standard InChI is InChI=1S/C11H23N3O/c1-8-6-13-10(15)9(7-12-5)14(8)11(2,3)4/h8-9,12H,6-7H2,1-5H3,(H,13,15). The zero-order valence-corrected chi connectivity index (χ0v) is 10.4. The molecule has 1 aliphatic rings. The smallest absolute Gasteiger partial charge is 0.238 e. The summed E-state index contributed by atoms with van der Waals surface area (Å²) in [7, 11) is 1.88. The van der Waals surface area contributed by atoms with Crippen LogP contribution in [0.4, 0.5) is 0 Å². The molecule has 1 amide bonds. The number of nitrogens with zero attached hydrogens (tertiary/aromatic N) is 1. The number of likely N-dealkylation sites (N-methyl/N-ethyl adjacent to an activating group) is 1. The van der Waals surface area contributed by atoms with Gasteiger partial charge in [0, 0.05) is 24.7 Å². The Morgan fingerprint density at radius 2 is 2.13 bits per heavy atom. The van der Waals surface area contributed by atoms with Crippen LogP contribution in [0.2, 0.25) is 0 Å². The number of piperazine rings is 1. The maximum Gasteiger partial charge on any atom is 0.238 e. The maximum atomic E-state index is 11.8. The van der Waals surface area contributed by atoms with Gasteiger partial charge in [-0.25, -0.2) is 0 Å². The summed E-state index contributed by atoms with van der Waals surface area (Å²) in [5, 5.41) is 6.04. The van der Waals surface area contributed by atoms with Crippen molar-refractivity contribution in [1.82, 2.24) is 15.5 Å². The van der Waals surface area contributed by atoms with E-state index in [1.165, 1.54) is 0 Å². The van der Waals surface area contributed by atoms with Crippen molar-refractivity contribution in [2.75, 3.05) is 20.1 Å². The van der Waals surface area contributed by atoms with E-state index in [9.17, 15) is 4.79 Å². The minimum Gasteiger partial charge on any atom is -0.353 e. The second-order valence-electron chi connectivity index (χ2n) is 5.25. The normalized spacial score (nSPS) is 29.0. The Balaban J connectivity index is 2.88. The van der Waals surface area contributed by atoms with E-state index in [0.29, 0.717) is 12.6 Å². The minimum atomic E-state index is -0.0567. The van der Waals surface area contributed by atoms with Crippen molar-refractivity contribution in [3.63, 3.8) is 0 Å². The van der Waals surface area contributed by atoms with E-state index >= 15 is 0 Å². The van der Waals surface area contributed by atoms with Crippen LogP contribution in [-0.2, 0) is 4.79 Å². The van der Waals surface area contributed by atoms with Gasteiger partial charge in [0.1, 0.15) is 6.04 Å². The molecule has 15 heavy (non-hydrogen) atoms. The van der Waals surface area contributed by atoms with E-state index < -0.39 is 0 Å². The zero-order chi connectivity index (χ0) is 11.6. The highest BCUT2D eigenvalue weighted by Gasteiger charge is 2.39. The number of carbonyl (C=O) groups excluding carboxylic acids is 1. The van der Waals surface area contributed by atoms with E-state index in [1.807, 2.05) is 7.05 Å². The molecule has 2 atom stereocenters. The lowest BCUT2D eigenvalue weighted by molar-refractivity contribution is -0.134. The van der Waals surface area contributed by atoms with Gasteiger partial charge in [0.2, 0.25) is 5.91 Å². The number of amides is 1. The monoisotopic (exact) mass is 213 g/mol. The second kappa shape index (κ2) is 4.49. The first kappa shape index (κ1) is 12.5. The molecule has 0 aromatic rings. The molecule has 1 rings (SSSR count). The number of nitrogens with one attached hydrogen (secondary N) is 2. The summed E-state index contributed by atoms with van der Waals surface area (Å²) in [4.78, 5) is 14.1. The highest BCUT2D eigenvalue weighted by molar-refractivity contribution is 5.83. The molecule has 0 aliphatic carbocycles. The van der Waals surface area contributed by atoms with Gasteiger partial charge >= 0.3 is 0 Å². The molecule has 0 aromatic carbocycles. The second-order valence-corrected chi connectivity index (χ2v) is 5.25. The molecular weight excluding hydrogens is 190 g/mol. The van der Waals surface area contributed by atoms with Gasteiger partial charge in [0.25, 0.3) is 0 Å². The van der Waals surface area contributed by atoms with Crippen molar-refractivity contribution in [2.24, 2.45) is 0 Å². The van der Waals surface area contributed by atoms with Crippen molar-refractivity contribution < 1.29 is 4.79 Å². The molecule has 1 aliphatic heterocycles. The molecule has 2 N–H and O–H groups in total.